The number of hydrogen-bond acceptors (Lipinski definition) is 3. The van der Waals surface area contributed by atoms with Gasteiger partial charge in [-0.2, -0.15) is 0 Å². The Hall–Kier alpha value is -12.1. The Labute approximate surface area is 525 Å². The highest BCUT2D eigenvalue weighted by Crippen LogP contribution is 2.64. The van der Waals surface area contributed by atoms with Gasteiger partial charge in [-0.3, -0.25) is 9.13 Å². The van der Waals surface area contributed by atoms with Crippen LogP contribution in [-0.4, -0.2) is 23.7 Å². The van der Waals surface area contributed by atoms with Gasteiger partial charge in [0.25, 0.3) is 0 Å². The van der Waals surface area contributed by atoms with Crippen LogP contribution in [0.3, 0.4) is 0 Å². The van der Waals surface area contributed by atoms with Gasteiger partial charge >= 0.3 is 0 Å². The van der Waals surface area contributed by atoms with E-state index >= 15 is 0 Å². The van der Waals surface area contributed by atoms with Crippen LogP contribution in [0.15, 0.2) is 328 Å². The third kappa shape index (κ3) is 7.60. The maximum atomic E-state index is 5.24. The molecule has 0 unspecified atom stereocenters. The van der Waals surface area contributed by atoms with Crippen molar-refractivity contribution in [3.63, 3.8) is 0 Å². The summed E-state index contributed by atoms with van der Waals surface area (Å²) in [7, 11) is 0. The summed E-state index contributed by atoms with van der Waals surface area (Å²) in [6, 6.07) is 120. The molecule has 0 fully saturated rings. The smallest absolute Gasteiger partial charge is 0.145 e. The topological polar surface area (TPSA) is 43.8 Å². The van der Waals surface area contributed by atoms with Gasteiger partial charge < -0.3 is 9.47 Å². The Morgan fingerprint density at radius 1 is 0.242 bits per heavy atom. The molecule has 2 aliphatic rings. The van der Waals surface area contributed by atoms with E-state index in [0.717, 1.165) is 112 Å². The van der Waals surface area contributed by atoms with Crippen LogP contribution in [0.1, 0.15) is 22.3 Å². The molecular formula is C85H54N6. The first-order chi connectivity index (χ1) is 45.1. The standard InChI is InChI=1S/C85H54N6/c1-4-22-58(23-5-1)83-86-75-33-15-19-37-81(75)90(83)64-47-43-56(44-48-64)60-46-50-77-68(51-60)69-53-73-67(54-82(69)91(77)76-38-20-24-57-21-10-11-29-65(57)76)66-49-45-61(55-39-41-59(42-40-55)84-87-74-32-14-18-36-80(74)89(84)63-27-8-3-9-28-63)52-72(66)85(73)70-30-12-16-34-78(70)88(62-25-6-2-7-26-62)79-35-17-13-31-71(79)85/h1-54H. The van der Waals surface area contributed by atoms with Crippen LogP contribution in [0.25, 0.3) is 128 Å². The number of nitrogens with zero attached hydrogens (tertiary/aromatic N) is 6. The molecule has 1 aliphatic carbocycles. The summed E-state index contributed by atoms with van der Waals surface area (Å²) in [5.41, 5.74) is 26.5. The molecule has 424 valence electrons. The van der Waals surface area contributed by atoms with E-state index in [4.69, 9.17) is 9.97 Å². The van der Waals surface area contributed by atoms with Crippen molar-refractivity contribution < 1.29 is 0 Å². The summed E-state index contributed by atoms with van der Waals surface area (Å²) in [6.45, 7) is 0. The molecule has 0 bridgehead atoms. The first-order valence-corrected chi connectivity index (χ1v) is 31.2. The first-order valence-electron chi connectivity index (χ1n) is 31.2. The fraction of sp³-hybridized carbons (Fsp3) is 0.0118. The van der Waals surface area contributed by atoms with E-state index < -0.39 is 5.41 Å². The minimum atomic E-state index is -0.731. The second-order valence-corrected chi connectivity index (χ2v) is 24.0. The maximum absolute atomic E-state index is 5.24. The summed E-state index contributed by atoms with van der Waals surface area (Å²) < 4.78 is 7.09. The van der Waals surface area contributed by atoms with Crippen molar-refractivity contribution in [2.45, 2.75) is 5.41 Å². The average Bonchev–Trinajstić information content (AvgIpc) is 1.56. The fourth-order valence-corrected chi connectivity index (χ4v) is 15.3. The second-order valence-electron chi connectivity index (χ2n) is 24.0. The van der Waals surface area contributed by atoms with Crippen molar-refractivity contribution in [2.75, 3.05) is 4.90 Å². The Kier molecular flexibility index (Phi) is 11.2. The van der Waals surface area contributed by atoms with Crippen molar-refractivity contribution >= 4 is 71.7 Å². The molecule has 6 nitrogen and oxygen atoms in total. The Morgan fingerprint density at radius 3 is 1.40 bits per heavy atom. The largest absolute Gasteiger partial charge is 0.310 e. The van der Waals surface area contributed by atoms with Crippen molar-refractivity contribution in [1.82, 2.24) is 23.7 Å². The molecule has 3 aromatic heterocycles. The summed E-state index contributed by atoms with van der Waals surface area (Å²) in [5, 5.41) is 4.79. The average molecular weight is 1160 g/mol. The lowest BCUT2D eigenvalue weighted by Gasteiger charge is -2.45. The second kappa shape index (κ2) is 20.0. The van der Waals surface area contributed by atoms with Crippen LogP contribution in [0.4, 0.5) is 17.1 Å². The van der Waals surface area contributed by atoms with Crippen LogP contribution < -0.4 is 4.90 Å². The van der Waals surface area contributed by atoms with Crippen molar-refractivity contribution in [3.05, 3.63) is 350 Å². The highest BCUT2D eigenvalue weighted by Gasteiger charge is 2.52. The van der Waals surface area contributed by atoms with Gasteiger partial charge in [0.2, 0.25) is 0 Å². The number of benzene rings is 14. The van der Waals surface area contributed by atoms with Crippen molar-refractivity contribution in [1.29, 1.82) is 0 Å². The highest BCUT2D eigenvalue weighted by molar-refractivity contribution is 6.14. The fourth-order valence-electron chi connectivity index (χ4n) is 15.3. The van der Waals surface area contributed by atoms with Crippen molar-refractivity contribution in [2.24, 2.45) is 0 Å². The van der Waals surface area contributed by atoms with Crippen LogP contribution in [0, 0.1) is 0 Å². The summed E-state index contributed by atoms with van der Waals surface area (Å²) in [4.78, 5) is 12.9. The molecule has 0 radical (unpaired) electrons. The molecule has 0 saturated carbocycles. The van der Waals surface area contributed by atoms with Gasteiger partial charge in [0.15, 0.2) is 0 Å². The SMILES string of the molecule is c1ccc(-c2nc3ccccc3n2-c2ccc(-c3ccc4c(c3)c3cc5c(cc3n4-c3cccc4ccccc34)-c3ccc(-c4ccc(-c6nc7ccccc7n6-c6ccccc6)cc4)cc3C53c4ccccc4N(c4ccccc4)c4ccccc43)cc2)cc1. The molecule has 1 aliphatic heterocycles. The zero-order chi connectivity index (χ0) is 59.7. The predicted molar refractivity (Wildman–Crippen MR) is 375 cm³/mol. The van der Waals surface area contributed by atoms with Gasteiger partial charge in [-0.1, -0.05) is 218 Å². The molecule has 14 aromatic carbocycles. The van der Waals surface area contributed by atoms with Crippen molar-refractivity contribution in [3.8, 4) is 73.2 Å². The van der Waals surface area contributed by atoms with Crippen LogP contribution >= 0.6 is 0 Å². The van der Waals surface area contributed by atoms with E-state index in [9.17, 15) is 0 Å². The third-order valence-electron chi connectivity index (χ3n) is 19.2. The van der Waals surface area contributed by atoms with Gasteiger partial charge in [-0.15, -0.1) is 0 Å². The molecule has 4 heterocycles. The van der Waals surface area contributed by atoms with E-state index in [1.165, 1.54) is 54.9 Å². The molecule has 0 atom stereocenters. The van der Waals surface area contributed by atoms with Gasteiger partial charge in [-0.25, -0.2) is 9.97 Å². The number of imidazole rings is 2. The summed E-state index contributed by atoms with van der Waals surface area (Å²) in [6.07, 6.45) is 0. The Morgan fingerprint density at radius 2 is 0.714 bits per heavy atom. The molecule has 19 rings (SSSR count). The molecule has 6 heteroatoms. The Balaban J connectivity index is 0.835. The maximum Gasteiger partial charge on any atom is 0.145 e. The van der Waals surface area contributed by atoms with E-state index in [-0.39, 0.29) is 0 Å². The molecule has 0 N–H and O–H groups in total. The monoisotopic (exact) mass is 1160 g/mol. The molecule has 1 spiro atoms. The molecule has 91 heavy (non-hydrogen) atoms. The number of hydrogen-bond donors (Lipinski definition) is 0. The van der Waals surface area contributed by atoms with Crippen LogP contribution in [0.2, 0.25) is 0 Å². The molecular weight excluding hydrogens is 1100 g/mol. The van der Waals surface area contributed by atoms with Gasteiger partial charge in [0, 0.05) is 44.3 Å². The van der Waals surface area contributed by atoms with Gasteiger partial charge in [0.05, 0.1) is 55.6 Å². The lowest BCUT2D eigenvalue weighted by molar-refractivity contribution is 0.754. The van der Waals surface area contributed by atoms with Gasteiger partial charge in [0.1, 0.15) is 11.6 Å². The zero-order valence-electron chi connectivity index (χ0n) is 49.4. The minimum Gasteiger partial charge on any atom is -0.310 e. The lowest BCUT2D eigenvalue weighted by atomic mass is 9.64. The number of anilines is 3. The minimum absolute atomic E-state index is 0.731. The van der Waals surface area contributed by atoms with Crippen LogP contribution in [-0.2, 0) is 5.41 Å². The zero-order valence-corrected chi connectivity index (χ0v) is 49.4. The van der Waals surface area contributed by atoms with E-state index in [1.807, 2.05) is 0 Å². The molecule has 0 saturated heterocycles. The highest BCUT2D eigenvalue weighted by atomic mass is 15.2. The predicted octanol–water partition coefficient (Wildman–Crippen LogP) is 21.4. The van der Waals surface area contributed by atoms with E-state index in [0.29, 0.717) is 0 Å². The van der Waals surface area contributed by atoms with Crippen LogP contribution in [0.5, 0.6) is 0 Å². The summed E-state index contributed by atoms with van der Waals surface area (Å²) >= 11 is 0. The van der Waals surface area contributed by atoms with E-state index in [1.54, 1.807) is 0 Å². The van der Waals surface area contributed by atoms with Gasteiger partial charge in [-0.05, 0) is 170 Å². The molecule has 0 amide bonds. The number of para-hydroxylation sites is 8. The normalized spacial score (nSPS) is 12.9. The third-order valence-corrected chi connectivity index (χ3v) is 19.2. The Bertz CT molecular complexity index is 5710. The summed E-state index contributed by atoms with van der Waals surface area (Å²) in [5.74, 6) is 1.83. The quantitative estimate of drug-likeness (QED) is 0.152. The molecule has 17 aromatic rings. The van der Waals surface area contributed by atoms with E-state index in [2.05, 4.69) is 346 Å². The number of fused-ring (bicyclic) bond motifs is 15. The number of aromatic nitrogens is 5. The number of rotatable bonds is 8. The first kappa shape index (κ1) is 51.0. The lowest BCUT2D eigenvalue weighted by Crippen LogP contribution is -2.36.